The number of carbonyl (C=O) groups excluding carboxylic acids is 1. The van der Waals surface area contributed by atoms with Gasteiger partial charge in [-0.15, -0.1) is 0 Å². The van der Waals surface area contributed by atoms with Gasteiger partial charge in [-0.3, -0.25) is 0 Å². The molecule has 0 fully saturated rings. The highest BCUT2D eigenvalue weighted by Crippen LogP contribution is 2.25. The Hall–Kier alpha value is -1.89. The molecule has 0 N–H and O–H groups in total. The maximum absolute atomic E-state index is 10.5. The first-order chi connectivity index (χ1) is 8.85. The van der Waals surface area contributed by atoms with Crippen LogP contribution in [0.15, 0.2) is 48.5 Å². The van der Waals surface area contributed by atoms with E-state index in [4.69, 9.17) is 0 Å². The average Bonchev–Trinajstić information content (AvgIpc) is 2.45. The molecule has 2 rings (SSSR count). The molecular weight excluding hydrogens is 220 g/mol. The lowest BCUT2D eigenvalue weighted by Gasteiger charge is -2.10. The summed E-state index contributed by atoms with van der Waals surface area (Å²) in [5.74, 6) is 0. The zero-order valence-corrected chi connectivity index (χ0v) is 10.7. The lowest BCUT2D eigenvalue weighted by molar-refractivity contribution is -0.107. The second-order valence-corrected chi connectivity index (χ2v) is 4.42. The molecule has 0 heterocycles. The molecule has 92 valence electrons. The van der Waals surface area contributed by atoms with Crippen LogP contribution in [0.25, 0.3) is 11.1 Å². The van der Waals surface area contributed by atoms with Gasteiger partial charge in [0, 0.05) is 6.42 Å². The van der Waals surface area contributed by atoms with Crippen molar-refractivity contribution < 1.29 is 4.79 Å². The molecule has 0 radical (unpaired) electrons. The summed E-state index contributed by atoms with van der Waals surface area (Å²) in [7, 11) is 0. The van der Waals surface area contributed by atoms with E-state index in [9.17, 15) is 4.79 Å². The molecule has 18 heavy (non-hydrogen) atoms. The van der Waals surface area contributed by atoms with Gasteiger partial charge in [-0.25, -0.2) is 0 Å². The van der Waals surface area contributed by atoms with Gasteiger partial charge in [0.25, 0.3) is 0 Å². The smallest absolute Gasteiger partial charge is 0.120 e. The van der Waals surface area contributed by atoms with Gasteiger partial charge in [-0.1, -0.05) is 55.5 Å². The summed E-state index contributed by atoms with van der Waals surface area (Å²) in [6, 6.07) is 17.0. The molecule has 0 saturated carbocycles. The number of hydrogen-bond donors (Lipinski definition) is 0. The maximum atomic E-state index is 10.5. The van der Waals surface area contributed by atoms with Gasteiger partial charge in [0.2, 0.25) is 0 Å². The van der Waals surface area contributed by atoms with Crippen molar-refractivity contribution in [1.82, 2.24) is 0 Å². The minimum atomic E-state index is 0.597. The fourth-order valence-electron chi connectivity index (χ4n) is 2.20. The van der Waals surface area contributed by atoms with Gasteiger partial charge in [0.1, 0.15) is 6.29 Å². The van der Waals surface area contributed by atoms with Crippen molar-refractivity contribution >= 4 is 6.29 Å². The first-order valence-electron chi connectivity index (χ1n) is 6.46. The first kappa shape index (κ1) is 12.6. The summed E-state index contributed by atoms with van der Waals surface area (Å²) in [5, 5.41) is 0. The lowest BCUT2D eigenvalue weighted by atomic mass is 9.95. The minimum absolute atomic E-state index is 0.597. The summed E-state index contributed by atoms with van der Waals surface area (Å²) in [5.41, 5.74) is 5.14. The Labute approximate surface area is 108 Å². The van der Waals surface area contributed by atoms with Crippen molar-refractivity contribution in [2.45, 2.75) is 26.2 Å². The van der Waals surface area contributed by atoms with Crippen molar-refractivity contribution in [2.75, 3.05) is 0 Å². The molecule has 0 aromatic heterocycles. The van der Waals surface area contributed by atoms with E-state index in [0.717, 1.165) is 19.1 Å². The third-order valence-electron chi connectivity index (χ3n) is 3.19. The van der Waals surface area contributed by atoms with E-state index in [1.54, 1.807) is 0 Å². The largest absolute Gasteiger partial charge is 0.303 e. The van der Waals surface area contributed by atoms with Crippen LogP contribution in [0.2, 0.25) is 0 Å². The van der Waals surface area contributed by atoms with E-state index in [2.05, 4.69) is 49.4 Å². The molecule has 2 aromatic carbocycles. The number of aryl methyl sites for hydroxylation is 2. The Morgan fingerprint density at radius 1 is 1.06 bits per heavy atom. The molecule has 0 spiro atoms. The van der Waals surface area contributed by atoms with E-state index < -0.39 is 0 Å². The Morgan fingerprint density at radius 3 is 2.50 bits per heavy atom. The molecule has 2 aromatic rings. The predicted octanol–water partition coefficient (Wildman–Crippen LogP) is 4.05. The zero-order chi connectivity index (χ0) is 12.8. The molecule has 0 aliphatic heterocycles. The Balaban J connectivity index is 2.39. The fraction of sp³-hybridized carbons (Fsp3) is 0.235. The van der Waals surface area contributed by atoms with Crippen molar-refractivity contribution in [3.05, 3.63) is 59.7 Å². The van der Waals surface area contributed by atoms with Crippen molar-refractivity contribution in [1.29, 1.82) is 0 Å². The standard InChI is InChI=1S/C17H18O/c1-2-15-11-10-14(7-6-12-18)13-17(15)16-8-4-3-5-9-16/h3-5,8-13H,2,6-7H2,1H3. The van der Waals surface area contributed by atoms with E-state index in [1.807, 2.05) is 6.07 Å². The van der Waals surface area contributed by atoms with E-state index in [0.29, 0.717) is 6.42 Å². The SMILES string of the molecule is CCc1ccc(CCC=O)cc1-c1ccccc1. The first-order valence-corrected chi connectivity index (χ1v) is 6.46. The van der Waals surface area contributed by atoms with Crippen LogP contribution >= 0.6 is 0 Å². The normalized spacial score (nSPS) is 10.3. The molecule has 0 unspecified atom stereocenters. The molecule has 1 heteroatoms. The summed E-state index contributed by atoms with van der Waals surface area (Å²) in [6.07, 6.45) is 3.43. The van der Waals surface area contributed by atoms with Crippen LogP contribution in [0, 0.1) is 0 Å². The van der Waals surface area contributed by atoms with Gasteiger partial charge in [0.15, 0.2) is 0 Å². The Bertz CT molecular complexity index is 514. The van der Waals surface area contributed by atoms with Crippen molar-refractivity contribution in [3.63, 3.8) is 0 Å². The molecule has 1 nitrogen and oxygen atoms in total. The summed E-state index contributed by atoms with van der Waals surface area (Å²) < 4.78 is 0. The molecule has 0 bridgehead atoms. The predicted molar refractivity (Wildman–Crippen MR) is 75.6 cm³/mol. The highest BCUT2D eigenvalue weighted by Gasteiger charge is 2.04. The number of benzene rings is 2. The molecular formula is C17H18O. The number of aldehydes is 1. The highest BCUT2D eigenvalue weighted by molar-refractivity contribution is 5.68. The summed E-state index contributed by atoms with van der Waals surface area (Å²) in [4.78, 5) is 10.5. The van der Waals surface area contributed by atoms with Gasteiger partial charge in [-0.2, -0.15) is 0 Å². The van der Waals surface area contributed by atoms with E-state index in [-0.39, 0.29) is 0 Å². The van der Waals surface area contributed by atoms with Crippen LogP contribution in [-0.4, -0.2) is 6.29 Å². The van der Waals surface area contributed by atoms with Gasteiger partial charge in [0.05, 0.1) is 0 Å². The molecule has 0 aliphatic carbocycles. The van der Waals surface area contributed by atoms with Gasteiger partial charge < -0.3 is 4.79 Å². The summed E-state index contributed by atoms with van der Waals surface area (Å²) in [6.45, 7) is 2.17. The van der Waals surface area contributed by atoms with Crippen molar-refractivity contribution in [3.8, 4) is 11.1 Å². The third kappa shape index (κ3) is 2.86. The summed E-state index contributed by atoms with van der Waals surface area (Å²) >= 11 is 0. The van der Waals surface area contributed by atoms with Crippen LogP contribution in [-0.2, 0) is 17.6 Å². The maximum Gasteiger partial charge on any atom is 0.120 e. The number of rotatable bonds is 5. The van der Waals surface area contributed by atoms with Crippen LogP contribution in [0.5, 0.6) is 0 Å². The Morgan fingerprint density at radius 2 is 1.83 bits per heavy atom. The minimum Gasteiger partial charge on any atom is -0.303 e. The molecule has 0 atom stereocenters. The highest BCUT2D eigenvalue weighted by atomic mass is 16.1. The number of carbonyl (C=O) groups is 1. The average molecular weight is 238 g/mol. The van der Waals surface area contributed by atoms with Gasteiger partial charge in [-0.05, 0) is 35.1 Å². The fourth-order valence-corrected chi connectivity index (χ4v) is 2.20. The van der Waals surface area contributed by atoms with E-state index >= 15 is 0 Å². The zero-order valence-electron chi connectivity index (χ0n) is 10.7. The van der Waals surface area contributed by atoms with Crippen LogP contribution in [0.4, 0.5) is 0 Å². The molecule has 0 saturated heterocycles. The lowest BCUT2D eigenvalue weighted by Crippen LogP contribution is -1.92. The quantitative estimate of drug-likeness (QED) is 0.718. The van der Waals surface area contributed by atoms with Crippen molar-refractivity contribution in [2.24, 2.45) is 0 Å². The number of hydrogen-bond acceptors (Lipinski definition) is 1. The topological polar surface area (TPSA) is 17.1 Å². The molecule has 0 amide bonds. The third-order valence-corrected chi connectivity index (χ3v) is 3.19. The van der Waals surface area contributed by atoms with Crippen LogP contribution in [0.3, 0.4) is 0 Å². The Kier molecular flexibility index (Phi) is 4.30. The van der Waals surface area contributed by atoms with Crippen LogP contribution in [0.1, 0.15) is 24.5 Å². The van der Waals surface area contributed by atoms with Gasteiger partial charge >= 0.3 is 0 Å². The van der Waals surface area contributed by atoms with Crippen LogP contribution < -0.4 is 0 Å². The molecule has 0 aliphatic rings. The van der Waals surface area contributed by atoms with E-state index in [1.165, 1.54) is 22.3 Å². The monoisotopic (exact) mass is 238 g/mol. The second kappa shape index (κ2) is 6.15. The second-order valence-electron chi connectivity index (χ2n) is 4.42.